The van der Waals surface area contributed by atoms with Crippen LogP contribution in [0.3, 0.4) is 0 Å². The molecule has 5 heteroatoms. The first-order valence-corrected chi connectivity index (χ1v) is 7.69. The molecule has 1 aromatic carbocycles. The Bertz CT molecular complexity index is 420. The first-order valence-electron chi connectivity index (χ1n) is 7.69. The molecule has 1 N–H and O–H groups in total. The third-order valence-corrected chi connectivity index (χ3v) is 3.46. The van der Waals surface area contributed by atoms with Gasteiger partial charge in [0, 0.05) is 38.9 Å². The molecular weight excluding hydrogens is 268 g/mol. The SMILES string of the molecule is CCCOCCOc1ccc(OC)cc1N1CCNCC1. The van der Waals surface area contributed by atoms with Crippen LogP contribution in [0.4, 0.5) is 5.69 Å². The smallest absolute Gasteiger partial charge is 0.142 e. The van der Waals surface area contributed by atoms with E-state index in [1.165, 1.54) is 0 Å². The molecule has 0 spiro atoms. The summed E-state index contributed by atoms with van der Waals surface area (Å²) in [5.41, 5.74) is 1.10. The highest BCUT2D eigenvalue weighted by molar-refractivity contribution is 5.62. The second-order valence-corrected chi connectivity index (χ2v) is 5.03. The molecule has 1 aromatic rings. The number of rotatable bonds is 8. The Morgan fingerprint density at radius 2 is 1.95 bits per heavy atom. The van der Waals surface area contributed by atoms with E-state index in [0.717, 1.165) is 56.4 Å². The van der Waals surface area contributed by atoms with Crippen LogP contribution in [0.25, 0.3) is 0 Å². The van der Waals surface area contributed by atoms with Crippen molar-refractivity contribution in [3.05, 3.63) is 18.2 Å². The molecule has 0 saturated carbocycles. The fraction of sp³-hybridized carbons (Fsp3) is 0.625. The molecule has 5 nitrogen and oxygen atoms in total. The number of piperazine rings is 1. The zero-order chi connectivity index (χ0) is 14.9. The third-order valence-electron chi connectivity index (χ3n) is 3.46. The Balaban J connectivity index is 2.00. The van der Waals surface area contributed by atoms with Crippen molar-refractivity contribution in [1.82, 2.24) is 5.32 Å². The van der Waals surface area contributed by atoms with Crippen LogP contribution < -0.4 is 19.7 Å². The normalized spacial score (nSPS) is 15.0. The van der Waals surface area contributed by atoms with Crippen molar-refractivity contribution < 1.29 is 14.2 Å². The van der Waals surface area contributed by atoms with Crippen LogP contribution in [0, 0.1) is 0 Å². The molecule has 0 amide bonds. The van der Waals surface area contributed by atoms with Crippen molar-refractivity contribution in [2.75, 3.05) is 58.0 Å². The molecule has 2 rings (SSSR count). The van der Waals surface area contributed by atoms with Gasteiger partial charge in [0.2, 0.25) is 0 Å². The van der Waals surface area contributed by atoms with Crippen LogP contribution in [0.5, 0.6) is 11.5 Å². The van der Waals surface area contributed by atoms with Crippen LogP contribution in [-0.4, -0.2) is 53.1 Å². The number of anilines is 1. The van der Waals surface area contributed by atoms with Crippen molar-refractivity contribution in [2.24, 2.45) is 0 Å². The molecule has 1 saturated heterocycles. The molecule has 0 unspecified atom stereocenters. The van der Waals surface area contributed by atoms with Crippen LogP contribution in [0.2, 0.25) is 0 Å². The number of ether oxygens (including phenoxy) is 3. The third kappa shape index (κ3) is 4.79. The molecule has 0 radical (unpaired) electrons. The van der Waals surface area contributed by atoms with E-state index in [-0.39, 0.29) is 0 Å². The molecule has 1 fully saturated rings. The topological polar surface area (TPSA) is 43.0 Å². The Kier molecular flexibility index (Phi) is 6.63. The Labute approximate surface area is 127 Å². The molecule has 1 heterocycles. The van der Waals surface area contributed by atoms with Gasteiger partial charge < -0.3 is 24.4 Å². The fourth-order valence-corrected chi connectivity index (χ4v) is 2.36. The van der Waals surface area contributed by atoms with Crippen LogP contribution >= 0.6 is 0 Å². The maximum Gasteiger partial charge on any atom is 0.142 e. The van der Waals surface area contributed by atoms with E-state index in [2.05, 4.69) is 17.1 Å². The Morgan fingerprint density at radius 3 is 2.67 bits per heavy atom. The predicted molar refractivity (Wildman–Crippen MR) is 84.7 cm³/mol. The summed E-state index contributed by atoms with van der Waals surface area (Å²) in [6.45, 7) is 8.05. The molecule has 1 aliphatic heterocycles. The highest BCUT2D eigenvalue weighted by Gasteiger charge is 2.16. The summed E-state index contributed by atoms with van der Waals surface area (Å²) in [5.74, 6) is 1.76. The number of hydrogen-bond acceptors (Lipinski definition) is 5. The molecule has 0 atom stereocenters. The maximum atomic E-state index is 5.89. The summed E-state index contributed by atoms with van der Waals surface area (Å²) >= 11 is 0. The van der Waals surface area contributed by atoms with Gasteiger partial charge in [0.15, 0.2) is 0 Å². The summed E-state index contributed by atoms with van der Waals surface area (Å²) < 4.78 is 16.7. The lowest BCUT2D eigenvalue weighted by atomic mass is 10.2. The zero-order valence-electron chi connectivity index (χ0n) is 13.1. The predicted octanol–water partition coefficient (Wildman–Crippen LogP) is 1.91. The summed E-state index contributed by atoms with van der Waals surface area (Å²) in [7, 11) is 1.69. The van der Waals surface area contributed by atoms with Gasteiger partial charge in [0.1, 0.15) is 18.1 Å². The summed E-state index contributed by atoms with van der Waals surface area (Å²) in [6, 6.07) is 5.97. The first-order chi connectivity index (χ1) is 10.3. The Hall–Kier alpha value is -1.46. The summed E-state index contributed by atoms with van der Waals surface area (Å²) in [4.78, 5) is 2.33. The van der Waals surface area contributed by atoms with Crippen LogP contribution in [0.15, 0.2) is 18.2 Å². The van der Waals surface area contributed by atoms with Crippen molar-refractivity contribution >= 4 is 5.69 Å². The average molecular weight is 294 g/mol. The highest BCUT2D eigenvalue weighted by Crippen LogP contribution is 2.32. The quantitative estimate of drug-likeness (QED) is 0.742. The highest BCUT2D eigenvalue weighted by atomic mass is 16.5. The van der Waals surface area contributed by atoms with E-state index in [9.17, 15) is 0 Å². The molecule has 0 bridgehead atoms. The molecule has 21 heavy (non-hydrogen) atoms. The van der Waals surface area contributed by atoms with Gasteiger partial charge in [-0.15, -0.1) is 0 Å². The second-order valence-electron chi connectivity index (χ2n) is 5.03. The van der Waals surface area contributed by atoms with Gasteiger partial charge in [-0.2, -0.15) is 0 Å². The van der Waals surface area contributed by atoms with Gasteiger partial charge in [-0.1, -0.05) is 6.92 Å². The van der Waals surface area contributed by atoms with Crippen molar-refractivity contribution in [3.63, 3.8) is 0 Å². The van der Waals surface area contributed by atoms with Crippen molar-refractivity contribution in [1.29, 1.82) is 0 Å². The van der Waals surface area contributed by atoms with Crippen LogP contribution in [-0.2, 0) is 4.74 Å². The van der Waals surface area contributed by atoms with Crippen LogP contribution in [0.1, 0.15) is 13.3 Å². The fourth-order valence-electron chi connectivity index (χ4n) is 2.36. The minimum absolute atomic E-state index is 0.575. The van der Waals surface area contributed by atoms with E-state index in [1.54, 1.807) is 7.11 Å². The van der Waals surface area contributed by atoms with E-state index >= 15 is 0 Å². The van der Waals surface area contributed by atoms with Crippen molar-refractivity contribution in [3.8, 4) is 11.5 Å². The molecule has 0 aromatic heterocycles. The maximum absolute atomic E-state index is 5.89. The van der Waals surface area contributed by atoms with Gasteiger partial charge >= 0.3 is 0 Å². The molecule has 0 aliphatic carbocycles. The standard InChI is InChI=1S/C16H26N2O3/c1-3-10-20-11-12-21-16-5-4-14(19-2)13-15(16)18-8-6-17-7-9-18/h4-5,13,17H,3,6-12H2,1-2H3. The number of benzene rings is 1. The number of methoxy groups -OCH3 is 1. The van der Waals surface area contributed by atoms with E-state index in [1.807, 2.05) is 18.2 Å². The van der Waals surface area contributed by atoms with Gasteiger partial charge in [0.05, 0.1) is 19.4 Å². The zero-order valence-corrected chi connectivity index (χ0v) is 13.1. The van der Waals surface area contributed by atoms with Gasteiger partial charge in [-0.25, -0.2) is 0 Å². The average Bonchev–Trinajstić information content (AvgIpc) is 2.55. The summed E-state index contributed by atoms with van der Waals surface area (Å²) in [5, 5.41) is 3.37. The first kappa shape index (κ1) is 15.9. The lowest BCUT2D eigenvalue weighted by Crippen LogP contribution is -2.43. The van der Waals surface area contributed by atoms with Gasteiger partial charge in [-0.3, -0.25) is 0 Å². The van der Waals surface area contributed by atoms with E-state index in [4.69, 9.17) is 14.2 Å². The second kappa shape index (κ2) is 8.74. The van der Waals surface area contributed by atoms with Gasteiger partial charge in [-0.05, 0) is 18.6 Å². The minimum Gasteiger partial charge on any atom is -0.497 e. The largest absolute Gasteiger partial charge is 0.497 e. The van der Waals surface area contributed by atoms with E-state index < -0.39 is 0 Å². The molecule has 118 valence electrons. The number of hydrogen-bond donors (Lipinski definition) is 1. The lowest BCUT2D eigenvalue weighted by molar-refractivity contribution is 0.101. The number of nitrogens with one attached hydrogen (secondary N) is 1. The lowest BCUT2D eigenvalue weighted by Gasteiger charge is -2.31. The number of nitrogens with zero attached hydrogens (tertiary/aromatic N) is 1. The summed E-state index contributed by atoms with van der Waals surface area (Å²) in [6.07, 6.45) is 1.04. The minimum atomic E-state index is 0.575. The Morgan fingerprint density at radius 1 is 1.14 bits per heavy atom. The molecule has 1 aliphatic rings. The monoisotopic (exact) mass is 294 g/mol. The van der Waals surface area contributed by atoms with Gasteiger partial charge in [0.25, 0.3) is 0 Å². The van der Waals surface area contributed by atoms with E-state index in [0.29, 0.717) is 13.2 Å². The van der Waals surface area contributed by atoms with Crippen molar-refractivity contribution in [2.45, 2.75) is 13.3 Å². The molecular formula is C16H26N2O3.